The monoisotopic (exact) mass is 371 g/mol. The van der Waals surface area contributed by atoms with Crippen molar-refractivity contribution in [2.24, 2.45) is 4.99 Å². The van der Waals surface area contributed by atoms with Crippen molar-refractivity contribution in [2.75, 3.05) is 54.7 Å². The van der Waals surface area contributed by atoms with Gasteiger partial charge in [-0.05, 0) is 26.2 Å². The number of nitrogens with zero attached hydrogens (tertiary/aromatic N) is 3. The maximum atomic E-state index is 12.5. The van der Waals surface area contributed by atoms with E-state index in [0.717, 1.165) is 13.1 Å². The zero-order chi connectivity index (χ0) is 18.4. The van der Waals surface area contributed by atoms with Crippen molar-refractivity contribution >= 4 is 16.0 Å². The van der Waals surface area contributed by atoms with Crippen LogP contribution in [0.2, 0.25) is 0 Å². The van der Waals surface area contributed by atoms with Crippen LogP contribution in [0.3, 0.4) is 0 Å². The number of hydrogen-bond acceptors (Lipinski definition) is 8. The van der Waals surface area contributed by atoms with Gasteiger partial charge < -0.3 is 19.7 Å². The molecule has 0 fully saturated rings. The highest BCUT2D eigenvalue weighted by molar-refractivity contribution is 7.90. The molecule has 2 rings (SSSR count). The van der Waals surface area contributed by atoms with E-state index >= 15 is 0 Å². The van der Waals surface area contributed by atoms with Crippen molar-refractivity contribution < 1.29 is 17.9 Å². The summed E-state index contributed by atoms with van der Waals surface area (Å²) in [6, 6.07) is 4.41. The number of rotatable bonds is 7. The molecule has 0 aliphatic carbocycles. The molecule has 0 saturated carbocycles. The third-order valence-electron chi connectivity index (χ3n) is 3.66. The van der Waals surface area contributed by atoms with Crippen LogP contribution in [0.4, 0.5) is 0 Å². The number of hydrogen-bond donors (Lipinski definition) is 2. The number of benzene rings is 1. The van der Waals surface area contributed by atoms with Crippen LogP contribution in [-0.2, 0) is 10.0 Å². The minimum atomic E-state index is -3.77. The second kappa shape index (κ2) is 8.37. The summed E-state index contributed by atoms with van der Waals surface area (Å²) in [5.74, 6) is 1.04. The summed E-state index contributed by atoms with van der Waals surface area (Å²) in [4.78, 5) is 8.48. The van der Waals surface area contributed by atoms with Crippen molar-refractivity contribution in [1.29, 1.82) is 0 Å². The highest BCUT2D eigenvalue weighted by atomic mass is 32.2. The Morgan fingerprint density at radius 3 is 2.56 bits per heavy atom. The molecular weight excluding hydrogens is 346 g/mol. The lowest BCUT2D eigenvalue weighted by Gasteiger charge is -2.27. The molecule has 1 aromatic rings. The van der Waals surface area contributed by atoms with E-state index in [1.807, 2.05) is 14.1 Å². The maximum absolute atomic E-state index is 12.5. The number of methoxy groups -OCH3 is 2. The van der Waals surface area contributed by atoms with Crippen molar-refractivity contribution in [3.8, 4) is 11.5 Å². The molecule has 9 nitrogen and oxygen atoms in total. The van der Waals surface area contributed by atoms with Gasteiger partial charge in [0.15, 0.2) is 11.5 Å². The lowest BCUT2D eigenvalue weighted by molar-refractivity contribution is 0.233. The normalized spacial score (nSPS) is 15.5. The topological polar surface area (TPSA) is 95.5 Å². The van der Waals surface area contributed by atoms with Crippen LogP contribution >= 0.6 is 0 Å². The third kappa shape index (κ3) is 5.21. The lowest BCUT2D eigenvalue weighted by Crippen LogP contribution is -2.51. The molecule has 0 amide bonds. The molecule has 0 atom stereocenters. The van der Waals surface area contributed by atoms with Gasteiger partial charge >= 0.3 is 0 Å². The zero-order valence-electron chi connectivity index (χ0n) is 14.9. The van der Waals surface area contributed by atoms with Gasteiger partial charge in [-0.15, -0.1) is 0 Å². The minimum Gasteiger partial charge on any atom is -0.493 e. The summed E-state index contributed by atoms with van der Waals surface area (Å²) in [7, 11) is 3.19. The molecule has 25 heavy (non-hydrogen) atoms. The predicted octanol–water partition coefficient (Wildman–Crippen LogP) is -0.280. The molecule has 0 saturated heterocycles. The highest BCUT2D eigenvalue weighted by Crippen LogP contribution is 2.29. The van der Waals surface area contributed by atoms with E-state index in [0.29, 0.717) is 24.8 Å². The number of aliphatic imine (C=N–C) groups is 1. The van der Waals surface area contributed by atoms with Gasteiger partial charge in [0.2, 0.25) is 5.96 Å². The van der Waals surface area contributed by atoms with Crippen LogP contribution in [0.15, 0.2) is 28.1 Å². The van der Waals surface area contributed by atoms with Crippen LogP contribution in [0.25, 0.3) is 0 Å². The van der Waals surface area contributed by atoms with E-state index < -0.39 is 10.0 Å². The smallest absolute Gasteiger partial charge is 0.264 e. The summed E-state index contributed by atoms with van der Waals surface area (Å²) in [6.07, 6.45) is 0. The lowest BCUT2D eigenvalue weighted by atomic mass is 10.3. The van der Waals surface area contributed by atoms with Crippen LogP contribution in [0, 0.1) is 0 Å². The molecule has 10 heteroatoms. The SMILES string of the molecule is COc1ccc(S(=O)(=O)NC2=NCN(CCN(C)C)CN2)cc1OC. The molecule has 0 aromatic heterocycles. The van der Waals surface area contributed by atoms with Gasteiger partial charge in [0, 0.05) is 19.2 Å². The molecular formula is C15H25N5O4S. The summed E-state index contributed by atoms with van der Waals surface area (Å²) in [6.45, 7) is 2.72. The molecule has 140 valence electrons. The first-order chi connectivity index (χ1) is 11.9. The average Bonchev–Trinajstić information content (AvgIpc) is 2.60. The number of nitrogens with one attached hydrogen (secondary N) is 2. The Balaban J connectivity index is 2.04. The second-order valence-corrected chi connectivity index (χ2v) is 7.49. The summed E-state index contributed by atoms with van der Waals surface area (Å²) in [5, 5.41) is 2.98. The fourth-order valence-corrected chi connectivity index (χ4v) is 3.21. The predicted molar refractivity (Wildman–Crippen MR) is 95.4 cm³/mol. The maximum Gasteiger partial charge on any atom is 0.264 e. The fraction of sp³-hybridized carbons (Fsp3) is 0.533. The van der Waals surface area contributed by atoms with Crippen LogP contribution in [0.5, 0.6) is 11.5 Å². The van der Waals surface area contributed by atoms with E-state index in [-0.39, 0.29) is 10.9 Å². The Kier molecular flexibility index (Phi) is 6.45. The Bertz CT molecular complexity index is 721. The van der Waals surface area contributed by atoms with E-state index in [2.05, 4.69) is 24.8 Å². The summed E-state index contributed by atoms with van der Waals surface area (Å²) < 4.78 is 37.8. The summed E-state index contributed by atoms with van der Waals surface area (Å²) >= 11 is 0. The average molecular weight is 371 g/mol. The zero-order valence-corrected chi connectivity index (χ0v) is 15.8. The van der Waals surface area contributed by atoms with E-state index in [4.69, 9.17) is 9.47 Å². The van der Waals surface area contributed by atoms with Crippen molar-refractivity contribution in [1.82, 2.24) is 19.8 Å². The van der Waals surface area contributed by atoms with Crippen LogP contribution in [-0.4, -0.2) is 78.9 Å². The third-order valence-corrected chi connectivity index (χ3v) is 5.00. The van der Waals surface area contributed by atoms with Crippen LogP contribution < -0.4 is 19.5 Å². The molecule has 0 unspecified atom stereocenters. The van der Waals surface area contributed by atoms with Gasteiger partial charge in [-0.25, -0.2) is 18.1 Å². The first-order valence-electron chi connectivity index (χ1n) is 7.76. The Morgan fingerprint density at radius 1 is 1.28 bits per heavy atom. The Hall–Kier alpha value is -2.04. The largest absolute Gasteiger partial charge is 0.493 e. The minimum absolute atomic E-state index is 0.0738. The van der Waals surface area contributed by atoms with Gasteiger partial charge in [-0.3, -0.25) is 4.90 Å². The van der Waals surface area contributed by atoms with E-state index in [1.54, 1.807) is 6.07 Å². The number of sulfonamides is 1. The Labute approximate surface area is 148 Å². The number of likely N-dealkylation sites (N-methyl/N-ethyl adjacent to an activating group) is 1. The van der Waals surface area contributed by atoms with Crippen molar-refractivity contribution in [2.45, 2.75) is 4.90 Å². The molecule has 0 spiro atoms. The van der Waals surface area contributed by atoms with Crippen molar-refractivity contribution in [3.63, 3.8) is 0 Å². The van der Waals surface area contributed by atoms with Gasteiger partial charge in [-0.1, -0.05) is 0 Å². The molecule has 0 bridgehead atoms. The summed E-state index contributed by atoms with van der Waals surface area (Å²) in [5.41, 5.74) is 0. The first kappa shape index (κ1) is 19.3. The van der Waals surface area contributed by atoms with E-state index in [1.165, 1.54) is 26.4 Å². The molecule has 1 heterocycles. The van der Waals surface area contributed by atoms with E-state index in [9.17, 15) is 8.42 Å². The van der Waals surface area contributed by atoms with Gasteiger partial charge in [0.1, 0.15) is 0 Å². The standard InChI is InChI=1S/C15H25N5O4S/c1-19(2)7-8-20-10-16-15(17-11-20)18-25(21,22)12-5-6-13(23-3)14(9-12)24-4/h5-6,9H,7-8,10-11H2,1-4H3,(H2,16,17,18). The molecule has 2 N–H and O–H groups in total. The van der Waals surface area contributed by atoms with Crippen LogP contribution in [0.1, 0.15) is 0 Å². The van der Waals surface area contributed by atoms with Crippen molar-refractivity contribution in [3.05, 3.63) is 18.2 Å². The quantitative estimate of drug-likeness (QED) is 0.681. The van der Waals surface area contributed by atoms with Gasteiger partial charge in [0.05, 0.1) is 32.5 Å². The van der Waals surface area contributed by atoms with Gasteiger partial charge in [0.25, 0.3) is 10.0 Å². The number of ether oxygens (including phenoxy) is 2. The second-order valence-electron chi connectivity index (χ2n) is 5.80. The molecule has 0 radical (unpaired) electrons. The molecule has 1 aliphatic rings. The first-order valence-corrected chi connectivity index (χ1v) is 9.24. The highest BCUT2D eigenvalue weighted by Gasteiger charge is 2.21. The van der Waals surface area contributed by atoms with Gasteiger partial charge in [-0.2, -0.15) is 0 Å². The fourth-order valence-electron chi connectivity index (χ4n) is 2.19. The Morgan fingerprint density at radius 2 is 2.00 bits per heavy atom. The molecule has 1 aromatic carbocycles. The molecule has 1 aliphatic heterocycles. The number of guanidine groups is 1.